The van der Waals surface area contributed by atoms with E-state index in [0.717, 1.165) is 32.5 Å². The van der Waals surface area contributed by atoms with Crippen LogP contribution in [0.5, 0.6) is 0 Å². The van der Waals surface area contributed by atoms with E-state index >= 15 is 0 Å². The fourth-order valence-corrected chi connectivity index (χ4v) is 2.54. The van der Waals surface area contributed by atoms with Gasteiger partial charge in [0.1, 0.15) is 6.10 Å². The molecule has 2 aliphatic heterocycles. The van der Waals surface area contributed by atoms with Crippen molar-refractivity contribution >= 4 is 5.91 Å². The van der Waals surface area contributed by atoms with Crippen molar-refractivity contribution in [3.63, 3.8) is 0 Å². The van der Waals surface area contributed by atoms with Gasteiger partial charge >= 0.3 is 0 Å². The van der Waals surface area contributed by atoms with Crippen molar-refractivity contribution in [2.45, 2.75) is 57.7 Å². The maximum absolute atomic E-state index is 12.5. The van der Waals surface area contributed by atoms with Crippen molar-refractivity contribution in [3.05, 3.63) is 0 Å². The zero-order valence-electron chi connectivity index (χ0n) is 11.4. The van der Waals surface area contributed by atoms with Crippen LogP contribution in [-0.4, -0.2) is 47.7 Å². The summed E-state index contributed by atoms with van der Waals surface area (Å²) >= 11 is 0. The van der Waals surface area contributed by atoms with Crippen LogP contribution in [0.4, 0.5) is 0 Å². The van der Waals surface area contributed by atoms with Crippen molar-refractivity contribution < 1.29 is 9.53 Å². The molecule has 0 aliphatic carbocycles. The Morgan fingerprint density at radius 2 is 2.06 bits per heavy atom. The summed E-state index contributed by atoms with van der Waals surface area (Å²) in [6.07, 6.45) is 1.68. The summed E-state index contributed by atoms with van der Waals surface area (Å²) in [5.41, 5.74) is -0.137. The molecule has 2 rings (SSSR count). The molecule has 4 nitrogen and oxygen atoms in total. The van der Waals surface area contributed by atoms with Gasteiger partial charge in [0.25, 0.3) is 5.91 Å². The Morgan fingerprint density at radius 1 is 1.35 bits per heavy atom. The third-order valence-corrected chi connectivity index (χ3v) is 3.75. The number of nitrogens with one attached hydrogen (secondary N) is 1. The first-order chi connectivity index (χ1) is 7.82. The lowest BCUT2D eigenvalue weighted by Gasteiger charge is -2.50. The zero-order valence-corrected chi connectivity index (χ0v) is 11.4. The summed E-state index contributed by atoms with van der Waals surface area (Å²) < 4.78 is 5.52. The molecule has 98 valence electrons. The van der Waals surface area contributed by atoms with Gasteiger partial charge in [-0.2, -0.15) is 0 Å². The van der Waals surface area contributed by atoms with Crippen molar-refractivity contribution in [1.82, 2.24) is 10.2 Å². The van der Waals surface area contributed by atoms with Crippen LogP contribution >= 0.6 is 0 Å². The molecule has 0 saturated carbocycles. The number of carbonyl (C=O) groups excluding carboxylic acids is 1. The van der Waals surface area contributed by atoms with Gasteiger partial charge in [-0.15, -0.1) is 0 Å². The third kappa shape index (κ3) is 2.63. The van der Waals surface area contributed by atoms with Crippen LogP contribution in [0, 0.1) is 0 Å². The second-order valence-electron chi connectivity index (χ2n) is 6.48. The highest BCUT2D eigenvalue weighted by molar-refractivity contribution is 5.82. The lowest BCUT2D eigenvalue weighted by atomic mass is 9.90. The van der Waals surface area contributed by atoms with Crippen molar-refractivity contribution in [1.29, 1.82) is 0 Å². The molecule has 1 amide bonds. The molecule has 4 heteroatoms. The Hall–Kier alpha value is -0.610. The SMILES string of the molecule is CC1(C)CN(C(=O)C2CCCO2)C(C)(C)CN1. The highest BCUT2D eigenvalue weighted by Gasteiger charge is 2.42. The van der Waals surface area contributed by atoms with E-state index < -0.39 is 0 Å². The minimum atomic E-state index is -0.205. The summed E-state index contributed by atoms with van der Waals surface area (Å²) in [5.74, 6) is 0.169. The molecule has 0 radical (unpaired) electrons. The van der Waals surface area contributed by atoms with Crippen LogP contribution in [0.2, 0.25) is 0 Å². The van der Waals surface area contributed by atoms with Gasteiger partial charge < -0.3 is 15.0 Å². The van der Waals surface area contributed by atoms with Crippen LogP contribution in [-0.2, 0) is 9.53 Å². The third-order valence-electron chi connectivity index (χ3n) is 3.75. The fourth-order valence-electron chi connectivity index (χ4n) is 2.54. The predicted molar refractivity (Wildman–Crippen MR) is 66.8 cm³/mol. The number of nitrogens with zero attached hydrogens (tertiary/aromatic N) is 1. The molecule has 1 unspecified atom stereocenters. The van der Waals surface area contributed by atoms with Gasteiger partial charge in [0.15, 0.2) is 0 Å². The molecule has 2 saturated heterocycles. The molecule has 1 atom stereocenters. The Balaban J connectivity index is 2.12. The Morgan fingerprint density at radius 3 is 2.65 bits per heavy atom. The van der Waals surface area contributed by atoms with E-state index in [4.69, 9.17) is 4.74 Å². The molecule has 0 bridgehead atoms. The number of rotatable bonds is 1. The quantitative estimate of drug-likeness (QED) is 0.747. The van der Waals surface area contributed by atoms with E-state index in [1.54, 1.807) is 0 Å². The lowest BCUT2D eigenvalue weighted by Crippen LogP contribution is -2.68. The van der Waals surface area contributed by atoms with Gasteiger partial charge in [-0.1, -0.05) is 0 Å². The van der Waals surface area contributed by atoms with E-state index in [1.165, 1.54) is 0 Å². The Labute approximate surface area is 104 Å². The number of ether oxygens (including phenoxy) is 1. The largest absolute Gasteiger partial charge is 0.368 e. The highest BCUT2D eigenvalue weighted by Crippen LogP contribution is 2.26. The summed E-state index contributed by atoms with van der Waals surface area (Å²) in [5, 5.41) is 3.49. The number of hydrogen-bond donors (Lipinski definition) is 1. The monoisotopic (exact) mass is 240 g/mol. The molecule has 0 aromatic rings. The zero-order chi connectivity index (χ0) is 12.7. The van der Waals surface area contributed by atoms with Crippen LogP contribution < -0.4 is 5.32 Å². The molecule has 0 aromatic carbocycles. The summed E-state index contributed by atoms with van der Waals surface area (Å²) in [4.78, 5) is 14.5. The van der Waals surface area contributed by atoms with E-state index in [2.05, 4.69) is 33.0 Å². The number of piperazine rings is 1. The molecule has 2 heterocycles. The van der Waals surface area contributed by atoms with Gasteiger partial charge in [0, 0.05) is 30.8 Å². The van der Waals surface area contributed by atoms with Gasteiger partial charge in [0.2, 0.25) is 0 Å². The lowest BCUT2D eigenvalue weighted by molar-refractivity contribution is -0.150. The van der Waals surface area contributed by atoms with Gasteiger partial charge in [0.05, 0.1) is 0 Å². The smallest absolute Gasteiger partial charge is 0.252 e. The van der Waals surface area contributed by atoms with Crippen LogP contribution in [0.1, 0.15) is 40.5 Å². The van der Waals surface area contributed by atoms with Crippen LogP contribution in [0.3, 0.4) is 0 Å². The first kappa shape index (κ1) is 12.8. The summed E-state index contributed by atoms with van der Waals surface area (Å²) in [6.45, 7) is 10.8. The molecular formula is C13H24N2O2. The second-order valence-corrected chi connectivity index (χ2v) is 6.48. The molecular weight excluding hydrogens is 216 g/mol. The first-order valence-corrected chi connectivity index (χ1v) is 6.50. The molecule has 0 aromatic heterocycles. The topological polar surface area (TPSA) is 41.6 Å². The minimum absolute atomic E-state index is 0.0101. The summed E-state index contributed by atoms with van der Waals surface area (Å²) in [6, 6.07) is 0. The first-order valence-electron chi connectivity index (χ1n) is 6.50. The van der Waals surface area contributed by atoms with Crippen LogP contribution in [0.15, 0.2) is 0 Å². The average Bonchev–Trinajstić information content (AvgIpc) is 2.74. The number of carbonyl (C=O) groups is 1. The van der Waals surface area contributed by atoms with Crippen LogP contribution in [0.25, 0.3) is 0 Å². The molecule has 17 heavy (non-hydrogen) atoms. The number of hydrogen-bond acceptors (Lipinski definition) is 3. The van der Waals surface area contributed by atoms with E-state index in [9.17, 15) is 4.79 Å². The maximum Gasteiger partial charge on any atom is 0.252 e. The Bertz CT molecular complexity index is 307. The molecule has 2 fully saturated rings. The maximum atomic E-state index is 12.5. The highest BCUT2D eigenvalue weighted by atomic mass is 16.5. The van der Waals surface area contributed by atoms with Crippen molar-refractivity contribution in [2.75, 3.05) is 19.7 Å². The van der Waals surface area contributed by atoms with Crippen molar-refractivity contribution in [2.24, 2.45) is 0 Å². The Kier molecular flexibility index (Phi) is 3.21. The second kappa shape index (κ2) is 4.25. The minimum Gasteiger partial charge on any atom is -0.368 e. The van der Waals surface area contributed by atoms with Crippen molar-refractivity contribution in [3.8, 4) is 0 Å². The van der Waals surface area contributed by atoms with Gasteiger partial charge in [-0.05, 0) is 40.5 Å². The average molecular weight is 240 g/mol. The van der Waals surface area contributed by atoms with Gasteiger partial charge in [-0.3, -0.25) is 4.79 Å². The molecule has 0 spiro atoms. The molecule has 1 N–H and O–H groups in total. The van der Waals surface area contributed by atoms with E-state index in [0.29, 0.717) is 0 Å². The van der Waals surface area contributed by atoms with E-state index in [-0.39, 0.29) is 23.1 Å². The summed E-state index contributed by atoms with van der Waals surface area (Å²) in [7, 11) is 0. The normalized spacial score (nSPS) is 31.5. The number of amides is 1. The van der Waals surface area contributed by atoms with E-state index in [1.807, 2.05) is 4.90 Å². The fraction of sp³-hybridized carbons (Fsp3) is 0.923. The molecule has 2 aliphatic rings. The van der Waals surface area contributed by atoms with Gasteiger partial charge in [-0.25, -0.2) is 0 Å². The predicted octanol–water partition coefficient (Wildman–Crippen LogP) is 1.15. The standard InChI is InChI=1S/C13H24N2O2/c1-12(2)9-15(13(3,4)8-14-12)11(16)10-6-5-7-17-10/h10,14H,5-9H2,1-4H3.